The predicted molar refractivity (Wildman–Crippen MR) is 235 cm³/mol. The first kappa shape index (κ1) is 31.6. The molecule has 0 fully saturated rings. The fourth-order valence-corrected chi connectivity index (χ4v) is 9.29. The van der Waals surface area contributed by atoms with Gasteiger partial charge in [-0.1, -0.05) is 164 Å². The summed E-state index contributed by atoms with van der Waals surface area (Å²) in [6.07, 6.45) is 0. The van der Waals surface area contributed by atoms with Crippen molar-refractivity contribution >= 4 is 63.8 Å². The Morgan fingerprint density at radius 3 is 1.73 bits per heavy atom. The largest absolute Gasteiger partial charge is 0.228 e. The van der Waals surface area contributed by atoms with Crippen LogP contribution in [0.3, 0.4) is 0 Å². The van der Waals surface area contributed by atoms with E-state index in [9.17, 15) is 0 Å². The fraction of sp³-hybridized carbons (Fsp3) is 0. The van der Waals surface area contributed by atoms with Crippen molar-refractivity contribution in [1.29, 1.82) is 0 Å². The van der Waals surface area contributed by atoms with Gasteiger partial charge in [0.15, 0.2) is 5.82 Å². The van der Waals surface area contributed by atoms with Gasteiger partial charge in [-0.3, -0.25) is 0 Å². The molecule has 0 spiro atoms. The molecule has 0 aliphatic carbocycles. The summed E-state index contributed by atoms with van der Waals surface area (Å²) in [4.78, 5) is 10.9. The molecule has 0 saturated carbocycles. The fourth-order valence-electron chi connectivity index (χ4n) is 8.14. The Morgan fingerprint density at radius 2 is 0.873 bits per heavy atom. The van der Waals surface area contributed by atoms with Crippen LogP contribution >= 0.6 is 11.3 Å². The van der Waals surface area contributed by atoms with Gasteiger partial charge in [-0.25, -0.2) is 9.97 Å². The van der Waals surface area contributed by atoms with Gasteiger partial charge in [0, 0.05) is 36.9 Å². The van der Waals surface area contributed by atoms with E-state index in [1.807, 2.05) is 11.3 Å². The van der Waals surface area contributed by atoms with Gasteiger partial charge in [-0.15, -0.1) is 11.3 Å². The van der Waals surface area contributed by atoms with E-state index in [1.165, 1.54) is 58.4 Å². The second-order valence-electron chi connectivity index (χ2n) is 14.1. The Balaban J connectivity index is 1.12. The summed E-state index contributed by atoms with van der Waals surface area (Å²) in [5, 5.41) is 9.71. The highest BCUT2D eigenvalue weighted by Crippen LogP contribution is 2.41. The van der Waals surface area contributed by atoms with Crippen LogP contribution in [0.2, 0.25) is 0 Å². The molecule has 0 bridgehead atoms. The molecule has 0 aliphatic rings. The second-order valence-corrected chi connectivity index (χ2v) is 15.2. The molecule has 0 N–H and O–H groups in total. The van der Waals surface area contributed by atoms with E-state index in [2.05, 4.69) is 194 Å². The molecule has 0 aliphatic heterocycles. The molecule has 2 aromatic heterocycles. The van der Waals surface area contributed by atoms with Crippen LogP contribution in [0, 0.1) is 0 Å². The van der Waals surface area contributed by atoms with Crippen molar-refractivity contribution in [2.45, 2.75) is 0 Å². The van der Waals surface area contributed by atoms with E-state index < -0.39 is 0 Å². The quantitative estimate of drug-likeness (QED) is 0.131. The molecule has 0 saturated heterocycles. The maximum Gasteiger partial charge on any atom is 0.161 e. The molecule has 11 aromatic rings. The zero-order chi connectivity index (χ0) is 36.3. The van der Waals surface area contributed by atoms with Gasteiger partial charge in [0.05, 0.1) is 11.4 Å². The summed E-state index contributed by atoms with van der Waals surface area (Å²) < 4.78 is 2.61. The van der Waals surface area contributed by atoms with Crippen LogP contribution < -0.4 is 0 Å². The Labute approximate surface area is 322 Å². The molecular weight excluding hydrogens is 685 g/mol. The minimum Gasteiger partial charge on any atom is -0.228 e. The number of hydrogen-bond acceptors (Lipinski definition) is 3. The van der Waals surface area contributed by atoms with E-state index in [0.29, 0.717) is 5.82 Å². The van der Waals surface area contributed by atoms with Gasteiger partial charge in [0.2, 0.25) is 0 Å². The van der Waals surface area contributed by atoms with Crippen LogP contribution in [0.4, 0.5) is 0 Å². The highest BCUT2D eigenvalue weighted by Gasteiger charge is 2.18. The molecule has 0 unspecified atom stereocenters. The standard InChI is InChI=1S/C52H32N2S/c1-2-11-33(12-3-1)34-21-23-36(24-22-34)47-32-48(40-16-10-15-37(29-40)38-26-27-44-43-19-8-9-20-49(43)55-50(44)31-38)54-52(53-47)51-42-18-7-5-14-39(42)30-46-41-17-6-4-13-35(41)25-28-45(46)51/h1-32H. The summed E-state index contributed by atoms with van der Waals surface area (Å²) in [7, 11) is 0. The van der Waals surface area contributed by atoms with Crippen LogP contribution in [0.25, 0.3) is 109 Å². The maximum absolute atomic E-state index is 5.45. The second kappa shape index (κ2) is 12.9. The molecule has 0 amide bonds. The number of nitrogens with zero attached hydrogens (tertiary/aromatic N) is 2. The van der Waals surface area contributed by atoms with E-state index >= 15 is 0 Å². The summed E-state index contributed by atoms with van der Waals surface area (Å²) >= 11 is 1.85. The normalized spacial score (nSPS) is 11.6. The Hall–Kier alpha value is -6.94. The van der Waals surface area contributed by atoms with E-state index in [1.54, 1.807) is 0 Å². The number of fused-ring (bicyclic) bond motifs is 7. The Morgan fingerprint density at radius 1 is 0.291 bits per heavy atom. The van der Waals surface area contributed by atoms with Crippen molar-refractivity contribution in [1.82, 2.24) is 9.97 Å². The van der Waals surface area contributed by atoms with Crippen LogP contribution in [0.1, 0.15) is 0 Å². The van der Waals surface area contributed by atoms with Gasteiger partial charge in [-0.2, -0.15) is 0 Å². The lowest BCUT2D eigenvalue weighted by molar-refractivity contribution is 1.19. The average molecular weight is 717 g/mol. The highest BCUT2D eigenvalue weighted by atomic mass is 32.1. The molecule has 2 heterocycles. The molecule has 0 atom stereocenters. The summed E-state index contributed by atoms with van der Waals surface area (Å²) in [6.45, 7) is 0. The summed E-state index contributed by atoms with van der Waals surface area (Å²) in [6, 6.07) is 69.8. The molecule has 9 aromatic carbocycles. The van der Waals surface area contributed by atoms with E-state index in [-0.39, 0.29) is 0 Å². The third kappa shape index (κ3) is 5.48. The highest BCUT2D eigenvalue weighted by molar-refractivity contribution is 7.25. The smallest absolute Gasteiger partial charge is 0.161 e. The molecule has 256 valence electrons. The lowest BCUT2D eigenvalue weighted by atomic mass is 9.92. The summed E-state index contributed by atoms with van der Waals surface area (Å²) in [5.74, 6) is 0.716. The van der Waals surface area contributed by atoms with Gasteiger partial charge in [0.1, 0.15) is 0 Å². The van der Waals surface area contributed by atoms with Crippen LogP contribution in [0.5, 0.6) is 0 Å². The predicted octanol–water partition coefficient (Wildman–Crippen LogP) is 14.6. The topological polar surface area (TPSA) is 25.8 Å². The Kier molecular flexibility index (Phi) is 7.39. The molecule has 0 radical (unpaired) electrons. The van der Waals surface area contributed by atoms with Gasteiger partial charge in [-0.05, 0) is 84.9 Å². The van der Waals surface area contributed by atoms with Crippen molar-refractivity contribution in [3.8, 4) is 56.2 Å². The van der Waals surface area contributed by atoms with E-state index in [0.717, 1.165) is 44.4 Å². The van der Waals surface area contributed by atoms with Gasteiger partial charge >= 0.3 is 0 Å². The Bertz CT molecular complexity index is 3250. The SMILES string of the molecule is c1ccc(-c2ccc(-c3cc(-c4cccc(-c5ccc6c(c5)sc5ccccc56)c4)nc(-c4c5ccccc5cc5c4ccc4ccccc45)n3)cc2)cc1. The number of thiophene rings is 1. The number of hydrogen-bond donors (Lipinski definition) is 0. The first-order valence-electron chi connectivity index (χ1n) is 18.6. The molecule has 2 nitrogen and oxygen atoms in total. The monoisotopic (exact) mass is 716 g/mol. The van der Waals surface area contributed by atoms with Crippen molar-refractivity contribution in [3.63, 3.8) is 0 Å². The van der Waals surface area contributed by atoms with E-state index in [4.69, 9.17) is 9.97 Å². The lowest BCUT2D eigenvalue weighted by Crippen LogP contribution is -1.98. The van der Waals surface area contributed by atoms with Crippen molar-refractivity contribution in [2.24, 2.45) is 0 Å². The third-order valence-corrected chi connectivity index (χ3v) is 12.0. The molecule has 11 rings (SSSR count). The minimum atomic E-state index is 0.716. The minimum absolute atomic E-state index is 0.716. The first-order chi connectivity index (χ1) is 27.2. The molecular formula is C52H32N2S. The first-order valence-corrected chi connectivity index (χ1v) is 19.5. The third-order valence-electron chi connectivity index (χ3n) is 10.9. The zero-order valence-electron chi connectivity index (χ0n) is 29.8. The lowest BCUT2D eigenvalue weighted by Gasteiger charge is -2.15. The average Bonchev–Trinajstić information content (AvgIpc) is 3.64. The van der Waals surface area contributed by atoms with Crippen LogP contribution in [-0.4, -0.2) is 9.97 Å². The van der Waals surface area contributed by atoms with Crippen LogP contribution in [0.15, 0.2) is 194 Å². The molecule has 3 heteroatoms. The summed E-state index contributed by atoms with van der Waals surface area (Å²) in [5.41, 5.74) is 9.64. The van der Waals surface area contributed by atoms with Crippen molar-refractivity contribution in [2.75, 3.05) is 0 Å². The molecule has 55 heavy (non-hydrogen) atoms. The number of benzene rings is 9. The number of aromatic nitrogens is 2. The zero-order valence-corrected chi connectivity index (χ0v) is 30.6. The maximum atomic E-state index is 5.45. The number of rotatable bonds is 5. The van der Waals surface area contributed by atoms with Gasteiger partial charge in [0.25, 0.3) is 0 Å². The van der Waals surface area contributed by atoms with Crippen molar-refractivity contribution < 1.29 is 0 Å². The van der Waals surface area contributed by atoms with Crippen molar-refractivity contribution in [3.05, 3.63) is 194 Å². The van der Waals surface area contributed by atoms with Gasteiger partial charge < -0.3 is 0 Å². The van der Waals surface area contributed by atoms with Crippen LogP contribution in [-0.2, 0) is 0 Å².